The molecule has 1 N–H and O–H groups in total. The van der Waals surface area contributed by atoms with E-state index in [0.717, 1.165) is 37.7 Å². The van der Waals surface area contributed by atoms with E-state index in [4.69, 9.17) is 0 Å². The lowest BCUT2D eigenvalue weighted by molar-refractivity contribution is -0.362. The Labute approximate surface area is 259 Å². The number of fused-ring (bicyclic) bond motifs is 4. The maximum Gasteiger partial charge on any atom is 0.456 e. The number of alkyl halides is 5. The molecule has 0 radical (unpaired) electrons. The first-order chi connectivity index (χ1) is 20.9. The van der Waals surface area contributed by atoms with E-state index in [0.29, 0.717) is 25.7 Å². The van der Waals surface area contributed by atoms with Crippen LogP contribution in [0.2, 0.25) is 0 Å². The summed E-state index contributed by atoms with van der Waals surface area (Å²) in [5.41, 5.74) is 0.220. The van der Waals surface area contributed by atoms with E-state index in [-0.39, 0.29) is 29.4 Å². The summed E-state index contributed by atoms with van der Waals surface area (Å²) in [4.78, 5) is 12.4. The summed E-state index contributed by atoms with van der Waals surface area (Å²) in [5.74, 6) is -6.65. The van der Waals surface area contributed by atoms with Gasteiger partial charge in [0.2, 0.25) is 10.0 Å². The van der Waals surface area contributed by atoms with Crippen molar-refractivity contribution in [3.63, 3.8) is 0 Å². The maximum atomic E-state index is 15.2. The van der Waals surface area contributed by atoms with Crippen LogP contribution in [0.4, 0.5) is 22.0 Å². The number of carbonyl (C=O) groups excluding carboxylic acids is 1. The van der Waals surface area contributed by atoms with E-state index in [1.54, 1.807) is 18.2 Å². The Hall–Kier alpha value is -2.89. The minimum absolute atomic E-state index is 0.0267. The number of allylic oxidation sites excluding steroid dienone is 4. The van der Waals surface area contributed by atoms with Crippen LogP contribution >= 0.6 is 0 Å². The molecule has 11 heteroatoms. The lowest BCUT2D eigenvalue weighted by atomic mass is 9.50. The van der Waals surface area contributed by atoms with Crippen molar-refractivity contribution in [2.75, 3.05) is 14.1 Å². The van der Waals surface area contributed by atoms with Gasteiger partial charge in [0.1, 0.15) is 5.60 Å². The molecule has 0 saturated heterocycles. The lowest BCUT2D eigenvalue weighted by Gasteiger charge is -2.56. The first-order valence-corrected chi connectivity index (χ1v) is 16.6. The van der Waals surface area contributed by atoms with E-state index in [1.807, 2.05) is 24.3 Å². The number of nitrogens with zero attached hydrogens (tertiary/aromatic N) is 1. The lowest BCUT2D eigenvalue weighted by Crippen LogP contribution is -2.65. The zero-order chi connectivity index (χ0) is 32.7. The number of benzene rings is 2. The van der Waals surface area contributed by atoms with Gasteiger partial charge >= 0.3 is 12.1 Å². The minimum Gasteiger partial charge on any atom is -0.383 e. The Morgan fingerprint density at radius 3 is 2.07 bits per heavy atom. The predicted octanol–water partition coefficient (Wildman–Crippen LogP) is 7.43. The van der Waals surface area contributed by atoms with E-state index in [1.165, 1.54) is 33.2 Å². The van der Waals surface area contributed by atoms with Crippen LogP contribution in [0, 0.1) is 17.3 Å². The van der Waals surface area contributed by atoms with Crippen molar-refractivity contribution in [3.05, 3.63) is 76.9 Å². The number of sulfonamides is 1. The van der Waals surface area contributed by atoms with Crippen molar-refractivity contribution in [3.8, 4) is 11.1 Å². The summed E-state index contributed by atoms with van der Waals surface area (Å²) in [7, 11) is -0.710. The van der Waals surface area contributed by atoms with Crippen LogP contribution in [0.3, 0.4) is 0 Å². The van der Waals surface area contributed by atoms with Crippen molar-refractivity contribution in [2.45, 2.75) is 80.4 Å². The molecule has 0 aromatic heterocycles. The largest absolute Gasteiger partial charge is 0.456 e. The summed E-state index contributed by atoms with van der Waals surface area (Å²) < 4.78 is 97.9. The molecule has 0 amide bonds. The second-order valence-corrected chi connectivity index (χ2v) is 15.6. The molecule has 2 aromatic rings. The SMILES string of the molecule is CN(C)S(=O)(=O)c1ccc(-c2ccc(C3CC4(C)C(CC[C@@]4(O)C(F)(F)C(F)(F)F)C4CCC5=CC(=O)CCC5=C34)cc2)cc1. The molecule has 6 rings (SSSR count). The van der Waals surface area contributed by atoms with Gasteiger partial charge in [-0.2, -0.15) is 22.0 Å². The molecule has 45 heavy (non-hydrogen) atoms. The van der Waals surface area contributed by atoms with Gasteiger partial charge in [-0.1, -0.05) is 48.9 Å². The van der Waals surface area contributed by atoms with Gasteiger partial charge in [0.15, 0.2) is 5.78 Å². The summed E-state index contributed by atoms with van der Waals surface area (Å²) in [6.07, 6.45) is -3.05. The van der Waals surface area contributed by atoms with E-state index >= 15 is 8.78 Å². The van der Waals surface area contributed by atoms with Crippen LogP contribution in [-0.2, 0) is 14.8 Å². The van der Waals surface area contributed by atoms with Gasteiger partial charge in [-0.25, -0.2) is 12.7 Å². The summed E-state index contributed by atoms with van der Waals surface area (Å²) in [6.45, 7) is 1.41. The number of hydrogen-bond donors (Lipinski definition) is 1. The van der Waals surface area contributed by atoms with Crippen LogP contribution in [0.15, 0.2) is 76.2 Å². The van der Waals surface area contributed by atoms with Crippen LogP contribution < -0.4 is 0 Å². The molecule has 2 fully saturated rings. The van der Waals surface area contributed by atoms with Gasteiger partial charge in [-0.3, -0.25) is 4.79 Å². The maximum absolute atomic E-state index is 15.2. The van der Waals surface area contributed by atoms with Gasteiger partial charge in [0.05, 0.1) is 4.90 Å². The highest BCUT2D eigenvalue weighted by atomic mass is 32.2. The smallest absolute Gasteiger partial charge is 0.383 e. The highest BCUT2D eigenvalue weighted by molar-refractivity contribution is 7.89. The fourth-order valence-electron chi connectivity index (χ4n) is 8.65. The number of rotatable bonds is 5. The van der Waals surface area contributed by atoms with Gasteiger partial charge in [-0.15, -0.1) is 0 Å². The predicted molar refractivity (Wildman–Crippen MR) is 159 cm³/mol. The number of halogens is 5. The number of ketones is 1. The van der Waals surface area contributed by atoms with E-state index < -0.39 is 51.4 Å². The zero-order valence-electron chi connectivity index (χ0n) is 25.3. The van der Waals surface area contributed by atoms with Crippen molar-refractivity contribution < 1.29 is 40.3 Å². The molecule has 0 spiro atoms. The van der Waals surface area contributed by atoms with Crippen molar-refractivity contribution in [1.29, 1.82) is 0 Å². The third-order valence-corrected chi connectivity index (χ3v) is 12.9. The molecule has 5 nitrogen and oxygen atoms in total. The van der Waals surface area contributed by atoms with Crippen LogP contribution in [0.1, 0.15) is 63.4 Å². The Bertz CT molecular complexity index is 1690. The van der Waals surface area contributed by atoms with Crippen molar-refractivity contribution in [2.24, 2.45) is 17.3 Å². The van der Waals surface area contributed by atoms with Crippen molar-refractivity contribution >= 4 is 15.8 Å². The Balaban J connectivity index is 1.43. The summed E-state index contributed by atoms with van der Waals surface area (Å²) >= 11 is 0. The summed E-state index contributed by atoms with van der Waals surface area (Å²) in [5, 5.41) is 11.4. The molecule has 5 atom stereocenters. The Kier molecular flexibility index (Phi) is 7.53. The average Bonchev–Trinajstić information content (AvgIpc) is 3.27. The molecule has 0 heterocycles. The van der Waals surface area contributed by atoms with Crippen molar-refractivity contribution in [1.82, 2.24) is 4.31 Å². The van der Waals surface area contributed by atoms with Gasteiger partial charge in [0, 0.05) is 31.8 Å². The van der Waals surface area contributed by atoms with E-state index in [2.05, 4.69) is 0 Å². The second kappa shape index (κ2) is 10.6. The molecule has 2 aromatic carbocycles. The standard InChI is InChI=1S/C34H36F5NO4S/c1-31-19-28(22-6-4-20(5-7-22)21-8-12-25(13-9-21)45(43,44)40(2)3)30-26-15-11-24(41)18-23(26)10-14-27(30)29(31)16-17-32(31,42)33(35,36)34(37,38)39/h4-9,12-13,18,27-29,42H,10-11,14-17,19H2,1-3H3/t27?,28?,29?,31?,32-/m0/s1. The molecule has 4 unspecified atom stereocenters. The minimum atomic E-state index is -5.90. The Morgan fingerprint density at radius 2 is 1.49 bits per heavy atom. The second-order valence-electron chi connectivity index (χ2n) is 13.4. The topological polar surface area (TPSA) is 74.7 Å². The van der Waals surface area contributed by atoms with Gasteiger partial charge < -0.3 is 5.11 Å². The van der Waals surface area contributed by atoms with Gasteiger partial charge in [0.25, 0.3) is 0 Å². The number of carbonyl (C=O) groups is 1. The molecular weight excluding hydrogens is 613 g/mol. The zero-order valence-corrected chi connectivity index (χ0v) is 26.1. The summed E-state index contributed by atoms with van der Waals surface area (Å²) in [6, 6.07) is 13.7. The molecule has 4 aliphatic rings. The third kappa shape index (κ3) is 4.75. The fraction of sp³-hybridized carbons (Fsp3) is 0.500. The van der Waals surface area contributed by atoms with Gasteiger partial charge in [-0.05, 0) is 96.4 Å². The molecule has 0 aliphatic heterocycles. The van der Waals surface area contributed by atoms with Crippen LogP contribution in [0.25, 0.3) is 11.1 Å². The highest BCUT2D eigenvalue weighted by Gasteiger charge is 2.79. The quantitative estimate of drug-likeness (QED) is 0.342. The molecule has 4 aliphatic carbocycles. The molecule has 2 saturated carbocycles. The van der Waals surface area contributed by atoms with E-state index in [9.17, 15) is 31.5 Å². The van der Waals surface area contributed by atoms with Crippen LogP contribution in [-0.4, -0.2) is 55.4 Å². The molecule has 0 bridgehead atoms. The Morgan fingerprint density at radius 1 is 0.889 bits per heavy atom. The first kappa shape index (κ1) is 32.1. The number of aliphatic hydroxyl groups is 1. The molecule has 242 valence electrons. The fourth-order valence-corrected chi connectivity index (χ4v) is 9.55. The monoisotopic (exact) mass is 649 g/mol. The number of hydrogen-bond acceptors (Lipinski definition) is 4. The van der Waals surface area contributed by atoms with Crippen LogP contribution in [0.5, 0.6) is 0 Å². The first-order valence-electron chi connectivity index (χ1n) is 15.2. The average molecular weight is 650 g/mol. The normalized spacial score (nSPS) is 30.6. The molecular formula is C34H36F5NO4S. The highest BCUT2D eigenvalue weighted by Crippen LogP contribution is 2.70. The third-order valence-electron chi connectivity index (χ3n) is 11.0.